The van der Waals surface area contributed by atoms with E-state index in [0.717, 1.165) is 0 Å². The Balaban J connectivity index is 1.45. The average molecular weight is 483 g/mol. The second-order valence-corrected chi connectivity index (χ2v) is 10.2. The van der Waals surface area contributed by atoms with Crippen molar-refractivity contribution in [3.63, 3.8) is 0 Å². The number of rotatable bonds is 2. The molecule has 0 aliphatic carbocycles. The van der Waals surface area contributed by atoms with Gasteiger partial charge in [-0.05, 0) is 69.4 Å². The summed E-state index contributed by atoms with van der Waals surface area (Å²) in [5.74, 6) is 0. The van der Waals surface area contributed by atoms with Crippen LogP contribution in [0.4, 0.5) is 0 Å². The summed E-state index contributed by atoms with van der Waals surface area (Å²) >= 11 is 0. The Bertz CT molecular complexity index is 2320. The highest BCUT2D eigenvalue weighted by molar-refractivity contribution is 6.25. The molecular weight excluding hydrogens is 460 g/mol. The number of aromatic nitrogens is 2. The average Bonchev–Trinajstić information content (AvgIpc) is 3.54. The second-order valence-electron chi connectivity index (χ2n) is 10.2. The molecule has 9 aromatic rings. The van der Waals surface area contributed by atoms with Gasteiger partial charge in [-0.1, -0.05) is 84.9 Å². The Hall–Kier alpha value is -5.08. The first-order chi connectivity index (χ1) is 18.8. The van der Waals surface area contributed by atoms with Gasteiger partial charge in [0.15, 0.2) is 0 Å². The van der Waals surface area contributed by atoms with Gasteiger partial charge in [-0.2, -0.15) is 0 Å². The monoisotopic (exact) mass is 482 g/mol. The lowest BCUT2D eigenvalue weighted by Crippen LogP contribution is -1.97. The van der Waals surface area contributed by atoms with Crippen LogP contribution in [0.2, 0.25) is 0 Å². The predicted molar refractivity (Wildman–Crippen MR) is 161 cm³/mol. The summed E-state index contributed by atoms with van der Waals surface area (Å²) in [6.07, 6.45) is 2.18. The highest BCUT2D eigenvalue weighted by Crippen LogP contribution is 2.41. The van der Waals surface area contributed by atoms with Gasteiger partial charge < -0.3 is 9.13 Å². The lowest BCUT2D eigenvalue weighted by atomic mass is 9.93. The largest absolute Gasteiger partial charge is 0.316 e. The number of fused-ring (bicyclic) bond motifs is 4. The fourth-order valence-corrected chi connectivity index (χ4v) is 6.59. The van der Waals surface area contributed by atoms with Gasteiger partial charge in [0.05, 0.1) is 22.2 Å². The lowest BCUT2D eigenvalue weighted by Gasteiger charge is -2.16. The fraction of sp³-hybridized carbons (Fsp3) is 0. The molecule has 9 rings (SSSR count). The standard InChI is InChI=1S/C36H22N2/c1-2-9-27(10-3-1)37-20-19-26-21-30-28-11-4-5-12-31(28)38(34(30)22-33(26)37)32-18-16-25-14-13-23-7-6-8-24-15-17-29(32)36(25)35(23)24/h1-22H. The highest BCUT2D eigenvalue weighted by atomic mass is 15.0. The van der Waals surface area contributed by atoms with Crippen LogP contribution in [0.1, 0.15) is 0 Å². The van der Waals surface area contributed by atoms with Crippen molar-refractivity contribution in [3.8, 4) is 11.4 Å². The predicted octanol–water partition coefficient (Wildman–Crippen LogP) is 9.62. The van der Waals surface area contributed by atoms with E-state index in [9.17, 15) is 0 Å². The van der Waals surface area contributed by atoms with Gasteiger partial charge in [0.1, 0.15) is 0 Å². The third kappa shape index (κ3) is 2.56. The maximum Gasteiger partial charge on any atom is 0.0562 e. The molecule has 0 amide bonds. The van der Waals surface area contributed by atoms with E-state index in [0.29, 0.717) is 0 Å². The molecule has 0 aliphatic heterocycles. The van der Waals surface area contributed by atoms with Crippen LogP contribution in [0.15, 0.2) is 134 Å². The molecular formula is C36H22N2. The van der Waals surface area contributed by atoms with Crippen LogP contribution in [0.25, 0.3) is 76.4 Å². The zero-order chi connectivity index (χ0) is 24.8. The Morgan fingerprint density at radius 2 is 1.13 bits per heavy atom. The van der Waals surface area contributed by atoms with Crippen LogP contribution in [-0.2, 0) is 0 Å². The normalized spacial score (nSPS) is 12.2. The molecule has 0 atom stereocenters. The van der Waals surface area contributed by atoms with Crippen LogP contribution in [0.5, 0.6) is 0 Å². The van der Waals surface area contributed by atoms with Crippen LogP contribution in [-0.4, -0.2) is 9.13 Å². The molecule has 0 saturated heterocycles. The fourth-order valence-electron chi connectivity index (χ4n) is 6.59. The third-order valence-electron chi connectivity index (χ3n) is 8.26. The molecule has 0 spiro atoms. The minimum absolute atomic E-state index is 1.17. The number of nitrogens with zero attached hydrogens (tertiary/aromatic N) is 2. The van der Waals surface area contributed by atoms with Gasteiger partial charge in [0.2, 0.25) is 0 Å². The topological polar surface area (TPSA) is 9.86 Å². The Labute approximate surface area is 218 Å². The Kier molecular flexibility index (Phi) is 3.82. The number of hydrogen-bond donors (Lipinski definition) is 0. The molecule has 0 bridgehead atoms. The molecule has 0 saturated carbocycles. The summed E-state index contributed by atoms with van der Waals surface area (Å²) in [5, 5.41) is 11.7. The minimum Gasteiger partial charge on any atom is -0.316 e. The zero-order valence-corrected chi connectivity index (χ0v) is 20.6. The number of hydrogen-bond acceptors (Lipinski definition) is 0. The summed E-state index contributed by atoms with van der Waals surface area (Å²) in [7, 11) is 0. The van der Waals surface area contributed by atoms with E-state index >= 15 is 0 Å². The van der Waals surface area contributed by atoms with Crippen molar-refractivity contribution in [2.75, 3.05) is 0 Å². The highest BCUT2D eigenvalue weighted by Gasteiger charge is 2.18. The van der Waals surface area contributed by atoms with E-state index in [-0.39, 0.29) is 0 Å². The van der Waals surface area contributed by atoms with Crippen molar-refractivity contribution in [2.24, 2.45) is 0 Å². The first kappa shape index (κ1) is 20.0. The molecule has 7 aromatic carbocycles. The SMILES string of the molecule is c1ccc(-n2ccc3cc4c5ccccc5n(-c5ccc6ccc7cccc8ccc5c6c78)c4cc32)cc1. The van der Waals surface area contributed by atoms with Gasteiger partial charge in [0, 0.05) is 33.4 Å². The molecule has 0 fully saturated rings. The molecule has 0 unspecified atom stereocenters. The van der Waals surface area contributed by atoms with Crippen molar-refractivity contribution in [1.29, 1.82) is 0 Å². The molecule has 2 aromatic heterocycles. The summed E-state index contributed by atoms with van der Waals surface area (Å²) in [6.45, 7) is 0. The van der Waals surface area contributed by atoms with E-state index in [4.69, 9.17) is 0 Å². The molecule has 0 N–H and O–H groups in total. The van der Waals surface area contributed by atoms with Crippen molar-refractivity contribution in [2.45, 2.75) is 0 Å². The number of para-hydroxylation sites is 2. The maximum atomic E-state index is 2.47. The van der Waals surface area contributed by atoms with E-state index in [1.807, 2.05) is 0 Å². The van der Waals surface area contributed by atoms with Crippen molar-refractivity contribution in [1.82, 2.24) is 9.13 Å². The smallest absolute Gasteiger partial charge is 0.0562 e. The van der Waals surface area contributed by atoms with Gasteiger partial charge in [-0.25, -0.2) is 0 Å². The molecule has 38 heavy (non-hydrogen) atoms. The second kappa shape index (κ2) is 7.24. The maximum absolute atomic E-state index is 2.47. The first-order valence-electron chi connectivity index (χ1n) is 13.1. The molecule has 2 nitrogen and oxygen atoms in total. The van der Waals surface area contributed by atoms with Crippen molar-refractivity contribution < 1.29 is 0 Å². The van der Waals surface area contributed by atoms with E-state index in [2.05, 4.69) is 143 Å². The molecule has 176 valence electrons. The van der Waals surface area contributed by atoms with Gasteiger partial charge in [-0.3, -0.25) is 0 Å². The van der Waals surface area contributed by atoms with Gasteiger partial charge >= 0.3 is 0 Å². The molecule has 0 radical (unpaired) electrons. The Morgan fingerprint density at radius 3 is 2.00 bits per heavy atom. The van der Waals surface area contributed by atoms with E-state index in [1.54, 1.807) is 0 Å². The summed E-state index contributed by atoms with van der Waals surface area (Å²) < 4.78 is 4.76. The third-order valence-corrected chi connectivity index (χ3v) is 8.26. The summed E-state index contributed by atoms with van der Waals surface area (Å²) in [4.78, 5) is 0. The van der Waals surface area contributed by atoms with E-state index < -0.39 is 0 Å². The quantitative estimate of drug-likeness (QED) is 0.217. The number of benzene rings is 7. The van der Waals surface area contributed by atoms with Crippen LogP contribution in [0, 0.1) is 0 Å². The first-order valence-corrected chi connectivity index (χ1v) is 13.1. The molecule has 0 aliphatic rings. The van der Waals surface area contributed by atoms with Crippen molar-refractivity contribution >= 4 is 65.0 Å². The molecule has 2 heteroatoms. The van der Waals surface area contributed by atoms with Crippen molar-refractivity contribution in [3.05, 3.63) is 134 Å². The van der Waals surface area contributed by atoms with Crippen LogP contribution in [0.3, 0.4) is 0 Å². The van der Waals surface area contributed by atoms with E-state index in [1.165, 1.54) is 76.4 Å². The Morgan fingerprint density at radius 1 is 0.395 bits per heavy atom. The lowest BCUT2D eigenvalue weighted by molar-refractivity contribution is 1.13. The van der Waals surface area contributed by atoms with Gasteiger partial charge in [-0.15, -0.1) is 0 Å². The zero-order valence-electron chi connectivity index (χ0n) is 20.6. The van der Waals surface area contributed by atoms with Crippen LogP contribution < -0.4 is 0 Å². The van der Waals surface area contributed by atoms with Gasteiger partial charge in [0.25, 0.3) is 0 Å². The summed E-state index contributed by atoms with van der Waals surface area (Å²) in [6, 6.07) is 46.7. The molecule has 2 heterocycles. The summed E-state index contributed by atoms with van der Waals surface area (Å²) in [5.41, 5.74) is 6.07. The minimum atomic E-state index is 1.17. The van der Waals surface area contributed by atoms with Crippen LogP contribution >= 0.6 is 0 Å².